The molecule has 0 aliphatic heterocycles. The molecule has 2 rings (SSSR count). The molecule has 0 spiro atoms. The average molecular weight is 385 g/mol. The number of benzene rings is 2. The summed E-state index contributed by atoms with van der Waals surface area (Å²) in [6.45, 7) is 2.72. The second-order valence-electron chi connectivity index (χ2n) is 5.63. The third-order valence-electron chi connectivity index (χ3n) is 3.75. The van der Waals surface area contributed by atoms with Gasteiger partial charge in [-0.05, 0) is 42.7 Å². The van der Waals surface area contributed by atoms with Gasteiger partial charge in [0, 0.05) is 6.54 Å². The molecule has 6 heteroatoms. The number of amides is 1. The zero-order valence-electron chi connectivity index (χ0n) is 15.3. The van der Waals surface area contributed by atoms with E-state index in [1.54, 1.807) is 12.1 Å². The number of hydrogen-bond acceptors (Lipinski definition) is 4. The Balaban J connectivity index is 2.12. The number of halogens is 1. The molecular weight excluding hydrogens is 364 g/mol. The third-order valence-corrected chi connectivity index (χ3v) is 4.03. The third kappa shape index (κ3) is 5.77. The van der Waals surface area contributed by atoms with Gasteiger partial charge in [-0.15, -0.1) is 0 Å². The summed E-state index contributed by atoms with van der Waals surface area (Å²) in [5.41, 5.74) is 1.69. The highest BCUT2D eigenvalue weighted by atomic mass is 35.5. The highest BCUT2D eigenvalue weighted by Gasteiger charge is 2.13. The second-order valence-corrected chi connectivity index (χ2v) is 6.04. The van der Waals surface area contributed by atoms with Gasteiger partial charge in [0.25, 0.3) is 5.91 Å². The van der Waals surface area contributed by atoms with Crippen molar-refractivity contribution in [1.82, 2.24) is 5.32 Å². The van der Waals surface area contributed by atoms with Gasteiger partial charge in [-0.25, -0.2) is 0 Å². The van der Waals surface area contributed by atoms with E-state index >= 15 is 0 Å². The van der Waals surface area contributed by atoms with Crippen LogP contribution in [0.2, 0.25) is 5.02 Å². The van der Waals surface area contributed by atoms with E-state index in [1.807, 2.05) is 43.3 Å². The predicted octanol–water partition coefficient (Wildman–Crippen LogP) is 4.01. The normalized spacial score (nSPS) is 10.8. The summed E-state index contributed by atoms with van der Waals surface area (Å²) < 4.78 is 10.8. The molecule has 0 saturated heterocycles. The second kappa shape index (κ2) is 10.2. The number of methoxy groups -OCH3 is 1. The van der Waals surface area contributed by atoms with Crippen LogP contribution < -0.4 is 14.8 Å². The zero-order valence-corrected chi connectivity index (χ0v) is 16.0. The minimum atomic E-state index is -0.432. The first kappa shape index (κ1) is 20.3. The lowest BCUT2D eigenvalue weighted by Crippen LogP contribution is -2.26. The van der Waals surface area contributed by atoms with Crippen LogP contribution in [0.3, 0.4) is 0 Å². The van der Waals surface area contributed by atoms with Gasteiger partial charge in [0.05, 0.1) is 18.7 Å². The van der Waals surface area contributed by atoms with E-state index in [2.05, 4.69) is 5.32 Å². The number of nitriles is 1. The number of nitrogens with zero attached hydrogens (tertiary/aromatic N) is 1. The molecule has 140 valence electrons. The molecule has 0 fully saturated rings. The molecule has 0 saturated carbocycles. The van der Waals surface area contributed by atoms with Gasteiger partial charge >= 0.3 is 0 Å². The van der Waals surface area contributed by atoms with Gasteiger partial charge < -0.3 is 14.8 Å². The van der Waals surface area contributed by atoms with Crippen molar-refractivity contribution < 1.29 is 14.3 Å². The number of carbonyl (C=O) groups excluding carboxylic acids is 1. The maximum absolute atomic E-state index is 12.3. The standard InChI is InChI=1S/C21H21ClN2O3/c1-3-27-19-13-16(12-18(22)20(19)26-2)11-17(14-23)21(25)24-10-9-15-7-5-4-6-8-15/h4-8,11-13H,3,9-10H2,1-2H3,(H,24,25)/b17-11+. The van der Waals surface area contributed by atoms with Crippen molar-refractivity contribution in [2.75, 3.05) is 20.3 Å². The lowest BCUT2D eigenvalue weighted by atomic mass is 10.1. The van der Waals surface area contributed by atoms with Crippen LogP contribution in [0.4, 0.5) is 0 Å². The molecule has 1 N–H and O–H groups in total. The lowest BCUT2D eigenvalue weighted by molar-refractivity contribution is -0.117. The Morgan fingerprint density at radius 1 is 1.30 bits per heavy atom. The average Bonchev–Trinajstić information content (AvgIpc) is 2.67. The Hall–Kier alpha value is -2.97. The van der Waals surface area contributed by atoms with Gasteiger partial charge in [0.2, 0.25) is 0 Å². The summed E-state index contributed by atoms with van der Waals surface area (Å²) in [7, 11) is 1.50. The molecule has 0 aromatic heterocycles. The van der Waals surface area contributed by atoms with Crippen molar-refractivity contribution >= 4 is 23.6 Å². The number of rotatable bonds is 8. The topological polar surface area (TPSA) is 71.3 Å². The molecule has 2 aromatic carbocycles. The summed E-state index contributed by atoms with van der Waals surface area (Å²) in [6.07, 6.45) is 2.17. The van der Waals surface area contributed by atoms with Gasteiger partial charge in [0.1, 0.15) is 11.6 Å². The Morgan fingerprint density at radius 3 is 2.67 bits per heavy atom. The van der Waals surface area contributed by atoms with Crippen molar-refractivity contribution in [3.8, 4) is 17.6 Å². The van der Waals surface area contributed by atoms with Crippen LogP contribution in [0.15, 0.2) is 48.0 Å². The maximum Gasteiger partial charge on any atom is 0.261 e. The summed E-state index contributed by atoms with van der Waals surface area (Å²) in [4.78, 5) is 12.3. The van der Waals surface area contributed by atoms with Gasteiger partial charge in [-0.3, -0.25) is 4.79 Å². The highest BCUT2D eigenvalue weighted by molar-refractivity contribution is 6.32. The molecule has 1 amide bonds. The van der Waals surface area contributed by atoms with Crippen molar-refractivity contribution in [1.29, 1.82) is 5.26 Å². The van der Waals surface area contributed by atoms with Crippen LogP contribution in [0, 0.1) is 11.3 Å². The van der Waals surface area contributed by atoms with E-state index in [1.165, 1.54) is 13.2 Å². The fourth-order valence-corrected chi connectivity index (χ4v) is 2.80. The summed E-state index contributed by atoms with van der Waals surface area (Å²) in [5, 5.41) is 12.5. The summed E-state index contributed by atoms with van der Waals surface area (Å²) in [5.74, 6) is 0.445. The molecule has 0 heterocycles. The molecule has 5 nitrogen and oxygen atoms in total. The van der Waals surface area contributed by atoms with Crippen molar-refractivity contribution in [2.45, 2.75) is 13.3 Å². The van der Waals surface area contributed by atoms with E-state index in [0.717, 1.165) is 5.56 Å². The van der Waals surface area contributed by atoms with Crippen LogP contribution in [0.5, 0.6) is 11.5 Å². The van der Waals surface area contributed by atoms with Crippen LogP contribution in [0.25, 0.3) is 6.08 Å². The highest BCUT2D eigenvalue weighted by Crippen LogP contribution is 2.36. The number of nitrogens with one attached hydrogen (secondary N) is 1. The van der Waals surface area contributed by atoms with E-state index in [9.17, 15) is 10.1 Å². The first-order valence-corrected chi connectivity index (χ1v) is 8.91. The molecule has 27 heavy (non-hydrogen) atoms. The summed E-state index contributed by atoms with van der Waals surface area (Å²) in [6, 6.07) is 15.0. The van der Waals surface area contributed by atoms with E-state index < -0.39 is 5.91 Å². The molecular formula is C21H21ClN2O3. The minimum Gasteiger partial charge on any atom is -0.491 e. The molecule has 0 radical (unpaired) electrons. The Morgan fingerprint density at radius 2 is 2.04 bits per heavy atom. The Labute approximate surface area is 164 Å². The van der Waals surface area contributed by atoms with Gasteiger partial charge in [-0.2, -0.15) is 5.26 Å². The molecule has 0 aliphatic carbocycles. The van der Waals surface area contributed by atoms with Crippen LogP contribution in [-0.2, 0) is 11.2 Å². The molecule has 0 unspecified atom stereocenters. The van der Waals surface area contributed by atoms with Crippen LogP contribution >= 0.6 is 11.6 Å². The van der Waals surface area contributed by atoms with Crippen molar-refractivity contribution in [2.24, 2.45) is 0 Å². The summed E-state index contributed by atoms with van der Waals surface area (Å²) >= 11 is 6.21. The smallest absolute Gasteiger partial charge is 0.261 e. The molecule has 0 aliphatic rings. The zero-order chi connectivity index (χ0) is 19.6. The first-order valence-electron chi connectivity index (χ1n) is 8.53. The maximum atomic E-state index is 12.3. The van der Waals surface area contributed by atoms with Crippen molar-refractivity contribution in [3.63, 3.8) is 0 Å². The molecule has 0 bridgehead atoms. The number of carbonyl (C=O) groups is 1. The van der Waals surface area contributed by atoms with E-state index in [4.69, 9.17) is 21.1 Å². The Bertz CT molecular complexity index is 858. The lowest BCUT2D eigenvalue weighted by Gasteiger charge is -2.12. The quantitative estimate of drug-likeness (QED) is 0.551. The monoisotopic (exact) mass is 384 g/mol. The van der Waals surface area contributed by atoms with Crippen LogP contribution in [-0.4, -0.2) is 26.2 Å². The molecule has 2 aromatic rings. The van der Waals surface area contributed by atoms with Gasteiger partial charge in [-0.1, -0.05) is 41.9 Å². The SMILES string of the molecule is CCOc1cc(/C=C(\C#N)C(=O)NCCc2ccccc2)cc(Cl)c1OC. The number of hydrogen-bond donors (Lipinski definition) is 1. The minimum absolute atomic E-state index is 0.00764. The molecule has 0 atom stereocenters. The predicted molar refractivity (Wildman–Crippen MR) is 106 cm³/mol. The largest absolute Gasteiger partial charge is 0.491 e. The number of ether oxygens (including phenoxy) is 2. The van der Waals surface area contributed by atoms with Crippen LogP contribution in [0.1, 0.15) is 18.1 Å². The fourth-order valence-electron chi connectivity index (χ4n) is 2.51. The van der Waals surface area contributed by atoms with E-state index in [0.29, 0.717) is 41.7 Å². The first-order chi connectivity index (χ1) is 13.1. The van der Waals surface area contributed by atoms with Gasteiger partial charge in [0.15, 0.2) is 11.5 Å². The Kier molecular flexibility index (Phi) is 7.72. The van der Waals surface area contributed by atoms with E-state index in [-0.39, 0.29) is 5.57 Å². The van der Waals surface area contributed by atoms with Crippen molar-refractivity contribution in [3.05, 3.63) is 64.2 Å². The fraction of sp³-hybridized carbons (Fsp3) is 0.238.